The molecule has 0 saturated heterocycles. The maximum Gasteiger partial charge on any atom is 0.264 e. The van der Waals surface area contributed by atoms with E-state index in [1.807, 2.05) is 31.2 Å². The molecule has 21 heavy (non-hydrogen) atoms. The van der Waals surface area contributed by atoms with Gasteiger partial charge in [-0.2, -0.15) is 0 Å². The molecule has 108 valence electrons. The van der Waals surface area contributed by atoms with E-state index in [0.717, 1.165) is 11.1 Å². The van der Waals surface area contributed by atoms with Crippen molar-refractivity contribution in [2.75, 3.05) is 4.72 Å². The molecule has 0 radical (unpaired) electrons. The highest BCUT2D eigenvalue weighted by atomic mass is 32.2. The molecule has 0 aliphatic carbocycles. The van der Waals surface area contributed by atoms with Crippen molar-refractivity contribution in [3.05, 3.63) is 59.9 Å². The maximum absolute atomic E-state index is 12.5. The molecule has 5 nitrogen and oxygen atoms in total. The number of rotatable bonds is 3. The fraction of sp³-hybridized carbons (Fsp3) is 0.133. The molecule has 1 N–H and O–H groups in total. The Kier molecular flexibility index (Phi) is 3.17. The molecule has 2 aromatic heterocycles. The minimum absolute atomic E-state index is 0.265. The van der Waals surface area contributed by atoms with Gasteiger partial charge in [-0.15, -0.1) is 0 Å². The van der Waals surface area contributed by atoms with Gasteiger partial charge < -0.3 is 0 Å². The molecule has 2 heterocycles. The highest BCUT2D eigenvalue weighted by molar-refractivity contribution is 7.92. The van der Waals surface area contributed by atoms with E-state index in [4.69, 9.17) is 0 Å². The summed E-state index contributed by atoms with van der Waals surface area (Å²) in [7, 11) is -3.66. The fourth-order valence-corrected chi connectivity index (χ4v) is 3.53. The zero-order valence-electron chi connectivity index (χ0n) is 11.7. The minimum Gasteiger partial charge on any atom is -0.285 e. The van der Waals surface area contributed by atoms with Crippen molar-refractivity contribution in [3.8, 4) is 0 Å². The van der Waals surface area contributed by atoms with Gasteiger partial charge in [0.15, 0.2) is 0 Å². The van der Waals surface area contributed by atoms with E-state index in [1.165, 1.54) is 0 Å². The quantitative estimate of drug-likeness (QED) is 0.809. The second-order valence-corrected chi connectivity index (χ2v) is 6.60. The molecule has 0 fully saturated rings. The molecule has 0 amide bonds. The first-order valence-electron chi connectivity index (χ1n) is 6.49. The zero-order valence-corrected chi connectivity index (χ0v) is 12.6. The van der Waals surface area contributed by atoms with Gasteiger partial charge in [0.1, 0.15) is 0 Å². The van der Waals surface area contributed by atoms with Crippen LogP contribution >= 0.6 is 0 Å². The average Bonchev–Trinajstić information content (AvgIpc) is 2.81. The third-order valence-electron chi connectivity index (χ3n) is 3.28. The largest absolute Gasteiger partial charge is 0.285 e. The van der Waals surface area contributed by atoms with Crippen molar-refractivity contribution in [3.63, 3.8) is 0 Å². The van der Waals surface area contributed by atoms with Crippen LogP contribution in [0, 0.1) is 13.8 Å². The summed E-state index contributed by atoms with van der Waals surface area (Å²) in [6, 6.07) is 10.8. The van der Waals surface area contributed by atoms with E-state index in [-0.39, 0.29) is 10.8 Å². The highest BCUT2D eigenvalue weighted by Crippen LogP contribution is 2.20. The van der Waals surface area contributed by atoms with Gasteiger partial charge in [0.05, 0.1) is 16.6 Å². The number of aryl methyl sites for hydroxylation is 2. The maximum atomic E-state index is 12.5. The third-order valence-corrected chi connectivity index (χ3v) is 4.77. The van der Waals surface area contributed by atoms with Crippen LogP contribution in [0.2, 0.25) is 0 Å². The van der Waals surface area contributed by atoms with Crippen molar-refractivity contribution >= 4 is 21.5 Å². The van der Waals surface area contributed by atoms with Crippen LogP contribution in [0.15, 0.2) is 53.7 Å². The lowest BCUT2D eigenvalue weighted by Gasteiger charge is -2.10. The Morgan fingerprint density at radius 1 is 1.14 bits per heavy atom. The third kappa shape index (κ3) is 2.50. The zero-order chi connectivity index (χ0) is 15.0. The minimum atomic E-state index is -3.66. The molecule has 6 heteroatoms. The van der Waals surface area contributed by atoms with E-state index < -0.39 is 10.0 Å². The summed E-state index contributed by atoms with van der Waals surface area (Å²) in [5.41, 5.74) is 2.57. The molecule has 0 atom stereocenters. The summed E-state index contributed by atoms with van der Waals surface area (Å²) in [6.07, 6.45) is 3.39. The van der Waals surface area contributed by atoms with Crippen LogP contribution in [0.5, 0.6) is 0 Å². The van der Waals surface area contributed by atoms with Crippen LogP contribution in [0.4, 0.5) is 5.95 Å². The molecule has 0 unspecified atom stereocenters. The average molecular weight is 301 g/mol. The Labute approximate surface area is 123 Å². The van der Waals surface area contributed by atoms with Gasteiger partial charge in [0, 0.05) is 6.20 Å². The van der Waals surface area contributed by atoms with Gasteiger partial charge in [0.25, 0.3) is 10.0 Å². The first-order valence-corrected chi connectivity index (χ1v) is 7.98. The summed E-state index contributed by atoms with van der Waals surface area (Å²) < 4.78 is 29.3. The Bertz CT molecular complexity index is 914. The van der Waals surface area contributed by atoms with Crippen LogP contribution in [0.25, 0.3) is 5.52 Å². The van der Waals surface area contributed by atoms with Crippen molar-refractivity contribution in [1.29, 1.82) is 0 Å². The molecule has 3 rings (SSSR count). The topological polar surface area (TPSA) is 63.5 Å². The van der Waals surface area contributed by atoms with Crippen LogP contribution < -0.4 is 4.72 Å². The second-order valence-electron chi connectivity index (χ2n) is 4.95. The molecular weight excluding hydrogens is 286 g/mol. The lowest BCUT2D eigenvalue weighted by Crippen LogP contribution is -2.16. The van der Waals surface area contributed by atoms with Crippen LogP contribution in [0.3, 0.4) is 0 Å². The van der Waals surface area contributed by atoms with E-state index in [1.54, 1.807) is 35.9 Å². The monoisotopic (exact) mass is 301 g/mol. The molecule has 1 aromatic carbocycles. The standard InChI is InChI=1S/C15H15N3O2S/c1-11-6-7-14(12(2)9-11)21(19,20)17-15-16-10-13-5-3-4-8-18(13)15/h3-10H,1-2H3,(H,16,17). The number of sulfonamides is 1. The number of anilines is 1. The van der Waals surface area contributed by atoms with Crippen molar-refractivity contribution < 1.29 is 8.42 Å². The van der Waals surface area contributed by atoms with Crippen molar-refractivity contribution in [2.45, 2.75) is 18.7 Å². The fourth-order valence-electron chi connectivity index (χ4n) is 2.30. The summed E-state index contributed by atoms with van der Waals surface area (Å²) in [6.45, 7) is 3.71. The molecule has 0 saturated carbocycles. The van der Waals surface area contributed by atoms with Gasteiger partial charge in [-0.25, -0.2) is 18.1 Å². The SMILES string of the molecule is Cc1ccc(S(=O)(=O)Nc2ncc3ccccn23)c(C)c1. The van der Waals surface area contributed by atoms with Crippen LogP contribution in [-0.2, 0) is 10.0 Å². The lowest BCUT2D eigenvalue weighted by atomic mass is 10.2. The van der Waals surface area contributed by atoms with E-state index in [2.05, 4.69) is 9.71 Å². The molecule has 0 aliphatic rings. The molecule has 3 aromatic rings. The van der Waals surface area contributed by atoms with Gasteiger partial charge in [0.2, 0.25) is 5.95 Å². The normalized spacial score (nSPS) is 11.7. The number of pyridine rings is 1. The van der Waals surface area contributed by atoms with Gasteiger partial charge >= 0.3 is 0 Å². The van der Waals surface area contributed by atoms with Gasteiger partial charge in [-0.05, 0) is 37.6 Å². The van der Waals surface area contributed by atoms with Crippen LogP contribution in [-0.4, -0.2) is 17.8 Å². The number of hydrogen-bond acceptors (Lipinski definition) is 3. The predicted octanol–water partition coefficient (Wildman–Crippen LogP) is 2.75. The lowest BCUT2D eigenvalue weighted by molar-refractivity contribution is 0.600. The second kappa shape index (κ2) is 4.89. The molecule has 0 aliphatic heterocycles. The van der Waals surface area contributed by atoms with E-state index >= 15 is 0 Å². The smallest absolute Gasteiger partial charge is 0.264 e. The number of benzene rings is 1. The van der Waals surface area contributed by atoms with Gasteiger partial charge in [-0.1, -0.05) is 23.8 Å². The molecule has 0 spiro atoms. The number of nitrogens with one attached hydrogen (secondary N) is 1. The van der Waals surface area contributed by atoms with E-state index in [0.29, 0.717) is 5.56 Å². The van der Waals surface area contributed by atoms with Gasteiger partial charge in [-0.3, -0.25) is 4.40 Å². The highest BCUT2D eigenvalue weighted by Gasteiger charge is 2.19. The van der Waals surface area contributed by atoms with Crippen molar-refractivity contribution in [2.24, 2.45) is 0 Å². The molecule has 0 bridgehead atoms. The predicted molar refractivity (Wildman–Crippen MR) is 81.9 cm³/mol. The summed E-state index contributed by atoms with van der Waals surface area (Å²) in [4.78, 5) is 4.39. The molecular formula is C15H15N3O2S. The number of nitrogens with zero attached hydrogens (tertiary/aromatic N) is 2. The Hall–Kier alpha value is -2.34. The summed E-state index contributed by atoms with van der Waals surface area (Å²) in [5.74, 6) is 0.283. The Morgan fingerprint density at radius 3 is 2.71 bits per heavy atom. The summed E-state index contributed by atoms with van der Waals surface area (Å²) in [5, 5.41) is 0. The number of hydrogen-bond donors (Lipinski definition) is 1. The van der Waals surface area contributed by atoms with Crippen molar-refractivity contribution in [1.82, 2.24) is 9.38 Å². The first-order chi connectivity index (χ1) is 9.97. The van der Waals surface area contributed by atoms with E-state index in [9.17, 15) is 8.42 Å². The number of fused-ring (bicyclic) bond motifs is 1. The number of imidazole rings is 1. The Morgan fingerprint density at radius 2 is 1.95 bits per heavy atom. The summed E-state index contributed by atoms with van der Waals surface area (Å²) >= 11 is 0. The Balaban J connectivity index is 2.03. The number of aromatic nitrogens is 2. The first kappa shape index (κ1) is 13.6. The van der Waals surface area contributed by atoms with Crippen LogP contribution in [0.1, 0.15) is 11.1 Å².